The first-order valence-electron chi connectivity index (χ1n) is 3.44. The second-order valence-electron chi connectivity index (χ2n) is 2.26. The second kappa shape index (κ2) is 4.13. The molecule has 0 unspecified atom stereocenters. The molecule has 1 N–H and O–H groups in total. The van der Waals surface area contributed by atoms with Gasteiger partial charge in [0, 0.05) is 12.1 Å². The van der Waals surface area contributed by atoms with E-state index < -0.39 is 11.6 Å². The van der Waals surface area contributed by atoms with Crippen molar-refractivity contribution in [2.45, 2.75) is 6.54 Å². The Bertz CT molecular complexity index is 265. The summed E-state index contributed by atoms with van der Waals surface area (Å²) in [5.41, 5.74) is 2.67. The number of hydroxylamine groups is 1. The minimum absolute atomic E-state index is 0.153. The van der Waals surface area contributed by atoms with Crippen LogP contribution in [0.3, 0.4) is 0 Å². The van der Waals surface area contributed by atoms with Crippen LogP contribution < -0.4 is 5.48 Å². The van der Waals surface area contributed by atoms with E-state index in [0.29, 0.717) is 0 Å². The molecule has 0 saturated carbocycles. The number of hydrogen-bond acceptors (Lipinski definition) is 2. The molecular formula is C8H9F2NO. The topological polar surface area (TPSA) is 21.3 Å². The summed E-state index contributed by atoms with van der Waals surface area (Å²) in [5, 5.41) is 0. The highest BCUT2D eigenvalue weighted by Gasteiger charge is 2.02. The summed E-state index contributed by atoms with van der Waals surface area (Å²) in [6, 6.07) is 3.29. The Labute approximate surface area is 69.1 Å². The number of hydrogen-bond donors (Lipinski definition) is 1. The van der Waals surface area contributed by atoms with Crippen LogP contribution in [0.2, 0.25) is 0 Å². The average Bonchev–Trinajstić information content (AvgIpc) is 2.07. The Morgan fingerprint density at radius 3 is 2.83 bits per heavy atom. The normalized spacial score (nSPS) is 10.2. The fourth-order valence-corrected chi connectivity index (χ4v) is 0.829. The average molecular weight is 173 g/mol. The van der Waals surface area contributed by atoms with E-state index in [2.05, 4.69) is 10.3 Å². The van der Waals surface area contributed by atoms with Gasteiger partial charge >= 0.3 is 0 Å². The van der Waals surface area contributed by atoms with E-state index in [9.17, 15) is 8.78 Å². The van der Waals surface area contributed by atoms with Gasteiger partial charge in [0.25, 0.3) is 0 Å². The first-order valence-corrected chi connectivity index (χ1v) is 3.44. The molecule has 0 fully saturated rings. The Hall–Kier alpha value is -1.00. The van der Waals surface area contributed by atoms with Gasteiger partial charge in [-0.15, -0.1) is 0 Å². The van der Waals surface area contributed by atoms with Crippen molar-refractivity contribution >= 4 is 0 Å². The van der Waals surface area contributed by atoms with Gasteiger partial charge in [0.2, 0.25) is 0 Å². The van der Waals surface area contributed by atoms with Gasteiger partial charge in [-0.25, -0.2) is 8.78 Å². The van der Waals surface area contributed by atoms with Gasteiger partial charge in [-0.2, -0.15) is 5.48 Å². The molecule has 1 aromatic carbocycles. The van der Waals surface area contributed by atoms with Crippen molar-refractivity contribution in [2.24, 2.45) is 0 Å². The van der Waals surface area contributed by atoms with Crippen LogP contribution in [-0.4, -0.2) is 7.11 Å². The Kier molecular flexibility index (Phi) is 3.13. The van der Waals surface area contributed by atoms with Crippen molar-refractivity contribution in [3.05, 3.63) is 35.4 Å². The number of nitrogens with one attached hydrogen (secondary N) is 1. The Morgan fingerprint density at radius 2 is 2.17 bits per heavy atom. The lowest BCUT2D eigenvalue weighted by Gasteiger charge is -2.02. The van der Waals surface area contributed by atoms with E-state index in [1.807, 2.05) is 0 Å². The highest BCUT2D eigenvalue weighted by Crippen LogP contribution is 2.08. The van der Waals surface area contributed by atoms with Crippen molar-refractivity contribution in [2.75, 3.05) is 7.11 Å². The van der Waals surface area contributed by atoms with E-state index >= 15 is 0 Å². The van der Waals surface area contributed by atoms with Gasteiger partial charge in [0.15, 0.2) is 0 Å². The maximum absolute atomic E-state index is 12.8. The van der Waals surface area contributed by atoms with E-state index in [-0.39, 0.29) is 12.1 Å². The predicted molar refractivity (Wildman–Crippen MR) is 40.2 cm³/mol. The predicted octanol–water partition coefficient (Wildman–Crippen LogP) is 1.62. The number of rotatable bonds is 3. The molecule has 0 saturated heterocycles. The zero-order valence-electron chi connectivity index (χ0n) is 6.60. The molecule has 0 aliphatic rings. The van der Waals surface area contributed by atoms with Crippen LogP contribution in [0.4, 0.5) is 8.78 Å². The van der Waals surface area contributed by atoms with E-state index in [0.717, 1.165) is 18.2 Å². The maximum atomic E-state index is 12.8. The molecule has 0 aromatic heterocycles. The molecule has 0 spiro atoms. The summed E-state index contributed by atoms with van der Waals surface area (Å²) in [6.07, 6.45) is 0. The Morgan fingerprint density at radius 1 is 1.42 bits per heavy atom. The molecule has 1 rings (SSSR count). The van der Waals surface area contributed by atoms with E-state index in [1.165, 1.54) is 7.11 Å². The van der Waals surface area contributed by atoms with Crippen LogP contribution in [0.5, 0.6) is 0 Å². The monoisotopic (exact) mass is 173 g/mol. The molecule has 12 heavy (non-hydrogen) atoms. The zero-order valence-corrected chi connectivity index (χ0v) is 6.60. The summed E-state index contributed by atoms with van der Waals surface area (Å²) >= 11 is 0. The van der Waals surface area contributed by atoms with Gasteiger partial charge in [0.05, 0.1) is 7.11 Å². The second-order valence-corrected chi connectivity index (χ2v) is 2.26. The molecule has 2 nitrogen and oxygen atoms in total. The minimum atomic E-state index is -0.454. The van der Waals surface area contributed by atoms with Gasteiger partial charge < -0.3 is 4.84 Å². The van der Waals surface area contributed by atoms with Crippen LogP contribution in [0.1, 0.15) is 5.56 Å². The minimum Gasteiger partial charge on any atom is -0.305 e. The third-order valence-electron chi connectivity index (χ3n) is 1.41. The summed E-state index contributed by atoms with van der Waals surface area (Å²) in [6.45, 7) is 0.153. The summed E-state index contributed by atoms with van der Waals surface area (Å²) < 4.78 is 25.4. The van der Waals surface area contributed by atoms with Crippen LogP contribution in [0, 0.1) is 11.6 Å². The number of benzene rings is 1. The quantitative estimate of drug-likeness (QED) is 0.701. The van der Waals surface area contributed by atoms with Gasteiger partial charge in [0.1, 0.15) is 11.6 Å². The maximum Gasteiger partial charge on any atom is 0.127 e. The first kappa shape index (κ1) is 9.09. The lowest BCUT2D eigenvalue weighted by Crippen LogP contribution is -2.12. The zero-order chi connectivity index (χ0) is 8.97. The van der Waals surface area contributed by atoms with Gasteiger partial charge in [-0.1, -0.05) is 0 Å². The standard InChI is InChI=1S/C8H9F2NO/c1-12-11-5-6-4-7(9)2-3-8(6)10/h2-4,11H,5H2,1H3. The molecule has 0 aliphatic heterocycles. The summed E-state index contributed by atoms with van der Waals surface area (Å²) in [4.78, 5) is 4.50. The van der Waals surface area contributed by atoms with Crippen LogP contribution in [0.25, 0.3) is 0 Å². The van der Waals surface area contributed by atoms with Crippen LogP contribution in [0.15, 0.2) is 18.2 Å². The molecule has 0 heterocycles. The molecule has 4 heteroatoms. The molecule has 0 radical (unpaired) electrons. The molecule has 0 aliphatic carbocycles. The van der Waals surface area contributed by atoms with Crippen molar-refractivity contribution in [3.63, 3.8) is 0 Å². The smallest absolute Gasteiger partial charge is 0.127 e. The lowest BCUT2D eigenvalue weighted by molar-refractivity contribution is 0.0858. The third-order valence-corrected chi connectivity index (χ3v) is 1.41. The first-order chi connectivity index (χ1) is 5.74. The molecule has 0 bridgehead atoms. The molecular weight excluding hydrogens is 164 g/mol. The molecule has 66 valence electrons. The van der Waals surface area contributed by atoms with Crippen molar-refractivity contribution in [1.82, 2.24) is 5.48 Å². The lowest BCUT2D eigenvalue weighted by atomic mass is 10.2. The molecule has 1 aromatic rings. The molecule has 0 amide bonds. The number of halogens is 2. The van der Waals surface area contributed by atoms with Gasteiger partial charge in [-0.05, 0) is 18.2 Å². The SMILES string of the molecule is CONCc1cc(F)ccc1F. The van der Waals surface area contributed by atoms with Gasteiger partial charge in [-0.3, -0.25) is 0 Å². The van der Waals surface area contributed by atoms with Crippen molar-refractivity contribution < 1.29 is 13.6 Å². The van der Waals surface area contributed by atoms with Crippen molar-refractivity contribution in [1.29, 1.82) is 0 Å². The highest BCUT2D eigenvalue weighted by atomic mass is 19.1. The molecule has 0 atom stereocenters. The highest BCUT2D eigenvalue weighted by molar-refractivity contribution is 5.18. The van der Waals surface area contributed by atoms with E-state index in [1.54, 1.807) is 0 Å². The third kappa shape index (κ3) is 2.25. The fraction of sp³-hybridized carbons (Fsp3) is 0.250. The van der Waals surface area contributed by atoms with Crippen LogP contribution >= 0.6 is 0 Å². The van der Waals surface area contributed by atoms with E-state index in [4.69, 9.17) is 0 Å². The largest absolute Gasteiger partial charge is 0.305 e. The summed E-state index contributed by atoms with van der Waals surface area (Å²) in [7, 11) is 1.41. The van der Waals surface area contributed by atoms with Crippen molar-refractivity contribution in [3.8, 4) is 0 Å². The Balaban J connectivity index is 2.75. The van der Waals surface area contributed by atoms with Crippen LogP contribution in [-0.2, 0) is 11.4 Å². The summed E-state index contributed by atoms with van der Waals surface area (Å²) in [5.74, 6) is -0.898. The fourth-order valence-electron chi connectivity index (χ4n) is 0.829.